The molecule has 0 bridgehead atoms. The van der Waals surface area contributed by atoms with Crippen LogP contribution in [0.2, 0.25) is 0 Å². The Kier molecular flexibility index (Phi) is 7.85. The van der Waals surface area contributed by atoms with Crippen LogP contribution >= 0.6 is 23.7 Å². The molecule has 0 saturated heterocycles. The smallest absolute Gasteiger partial charge is 0.141 e. The maximum absolute atomic E-state index is 6.02. The van der Waals surface area contributed by atoms with Crippen molar-refractivity contribution in [3.63, 3.8) is 0 Å². The number of amidine groups is 1. The number of hydrogen-bond donors (Lipinski definition) is 2. The Bertz CT molecular complexity index is 809. The zero-order chi connectivity index (χ0) is 17.5. The standard InChI is InChI=1S/C21H23N3S.ClH/c1-16-4-6-18(7-5-16)15-23-13-12-17-8-10-19(11-9-17)24-21(22)20-3-2-14-25-20;/h2-11,14,23H,12-13,15H2,1H3,(H2,22,24);1H. The van der Waals surface area contributed by atoms with Crippen molar-refractivity contribution in [3.05, 3.63) is 87.6 Å². The van der Waals surface area contributed by atoms with Gasteiger partial charge in [-0.25, -0.2) is 4.99 Å². The number of benzene rings is 2. The van der Waals surface area contributed by atoms with Crippen LogP contribution in [0.25, 0.3) is 0 Å². The van der Waals surface area contributed by atoms with Gasteiger partial charge in [-0.1, -0.05) is 48.0 Å². The highest BCUT2D eigenvalue weighted by Gasteiger charge is 2.00. The van der Waals surface area contributed by atoms with E-state index in [4.69, 9.17) is 5.73 Å². The Morgan fingerprint density at radius 1 is 1.00 bits per heavy atom. The molecule has 3 rings (SSSR count). The number of thiophene rings is 1. The second-order valence-corrected chi connectivity index (χ2v) is 7.00. The van der Waals surface area contributed by atoms with E-state index >= 15 is 0 Å². The number of nitrogens with zero attached hydrogens (tertiary/aromatic N) is 1. The molecule has 0 amide bonds. The molecule has 2 aromatic carbocycles. The van der Waals surface area contributed by atoms with Gasteiger partial charge in [-0.2, -0.15) is 0 Å². The van der Waals surface area contributed by atoms with E-state index < -0.39 is 0 Å². The Balaban J connectivity index is 0.00000243. The number of halogens is 1. The summed E-state index contributed by atoms with van der Waals surface area (Å²) < 4.78 is 0. The van der Waals surface area contributed by atoms with Gasteiger partial charge < -0.3 is 11.1 Å². The molecular formula is C21H24ClN3S. The molecule has 3 nitrogen and oxygen atoms in total. The Hall–Kier alpha value is -2.14. The lowest BCUT2D eigenvalue weighted by atomic mass is 10.1. The third-order valence-corrected chi connectivity index (χ3v) is 4.89. The van der Waals surface area contributed by atoms with Crippen LogP contribution in [-0.2, 0) is 13.0 Å². The normalized spacial score (nSPS) is 11.2. The monoisotopic (exact) mass is 385 g/mol. The van der Waals surface area contributed by atoms with Gasteiger partial charge in [0, 0.05) is 6.54 Å². The summed E-state index contributed by atoms with van der Waals surface area (Å²) in [6.07, 6.45) is 0.996. The molecule has 1 heterocycles. The average Bonchev–Trinajstić information content (AvgIpc) is 3.16. The molecule has 0 aliphatic carbocycles. The molecule has 26 heavy (non-hydrogen) atoms. The highest BCUT2D eigenvalue weighted by Crippen LogP contribution is 2.16. The van der Waals surface area contributed by atoms with Crippen molar-refractivity contribution in [2.24, 2.45) is 10.7 Å². The van der Waals surface area contributed by atoms with E-state index in [0.29, 0.717) is 5.84 Å². The first kappa shape index (κ1) is 20.2. The maximum Gasteiger partial charge on any atom is 0.141 e. The van der Waals surface area contributed by atoms with Crippen LogP contribution in [0.5, 0.6) is 0 Å². The van der Waals surface area contributed by atoms with E-state index in [2.05, 4.69) is 53.6 Å². The number of rotatable bonds is 7. The number of aliphatic imine (C=N–C) groups is 1. The molecule has 0 radical (unpaired) electrons. The Labute approximate surface area is 165 Å². The van der Waals surface area contributed by atoms with E-state index in [1.807, 2.05) is 29.6 Å². The first-order valence-corrected chi connectivity index (χ1v) is 9.32. The third kappa shape index (κ3) is 5.99. The molecule has 0 fully saturated rings. The van der Waals surface area contributed by atoms with Gasteiger partial charge in [0.2, 0.25) is 0 Å². The summed E-state index contributed by atoms with van der Waals surface area (Å²) in [5, 5.41) is 5.49. The minimum absolute atomic E-state index is 0. The fourth-order valence-corrected chi connectivity index (χ4v) is 3.15. The van der Waals surface area contributed by atoms with Crippen LogP contribution in [0, 0.1) is 6.92 Å². The lowest BCUT2D eigenvalue weighted by Gasteiger charge is -2.06. The van der Waals surface area contributed by atoms with Crippen molar-refractivity contribution in [2.75, 3.05) is 6.54 Å². The molecule has 5 heteroatoms. The van der Waals surface area contributed by atoms with Crippen LogP contribution in [0.1, 0.15) is 21.6 Å². The molecule has 0 unspecified atom stereocenters. The second-order valence-electron chi connectivity index (χ2n) is 6.05. The fraction of sp³-hybridized carbons (Fsp3) is 0.190. The lowest BCUT2D eigenvalue weighted by Crippen LogP contribution is -2.16. The van der Waals surface area contributed by atoms with Crippen molar-refractivity contribution in [3.8, 4) is 0 Å². The van der Waals surface area contributed by atoms with Crippen molar-refractivity contribution in [1.82, 2.24) is 5.32 Å². The zero-order valence-electron chi connectivity index (χ0n) is 14.8. The van der Waals surface area contributed by atoms with Crippen LogP contribution in [0.4, 0.5) is 5.69 Å². The average molecular weight is 386 g/mol. The number of hydrogen-bond acceptors (Lipinski definition) is 3. The van der Waals surface area contributed by atoms with Gasteiger partial charge in [-0.05, 0) is 54.6 Å². The maximum atomic E-state index is 6.02. The zero-order valence-corrected chi connectivity index (χ0v) is 16.4. The summed E-state index contributed by atoms with van der Waals surface area (Å²) in [5.74, 6) is 0.572. The summed E-state index contributed by atoms with van der Waals surface area (Å²) in [5.41, 5.74) is 10.8. The largest absolute Gasteiger partial charge is 0.383 e. The molecule has 1 aromatic heterocycles. The molecular weight excluding hydrogens is 362 g/mol. The highest BCUT2D eigenvalue weighted by molar-refractivity contribution is 7.12. The van der Waals surface area contributed by atoms with Gasteiger partial charge in [0.1, 0.15) is 5.84 Å². The van der Waals surface area contributed by atoms with Gasteiger partial charge in [0.25, 0.3) is 0 Å². The van der Waals surface area contributed by atoms with Crippen LogP contribution in [0.15, 0.2) is 71.0 Å². The van der Waals surface area contributed by atoms with Crippen molar-refractivity contribution in [1.29, 1.82) is 0 Å². The number of nitrogens with one attached hydrogen (secondary N) is 1. The first-order chi connectivity index (χ1) is 12.2. The fourth-order valence-electron chi connectivity index (χ4n) is 2.53. The molecule has 0 atom stereocenters. The van der Waals surface area contributed by atoms with E-state index in [0.717, 1.165) is 30.1 Å². The SMILES string of the molecule is Cc1ccc(CNCCc2ccc(N=C(N)c3cccs3)cc2)cc1.Cl. The van der Waals surface area contributed by atoms with E-state index in [1.54, 1.807) is 11.3 Å². The summed E-state index contributed by atoms with van der Waals surface area (Å²) in [4.78, 5) is 5.48. The Morgan fingerprint density at radius 2 is 1.69 bits per heavy atom. The van der Waals surface area contributed by atoms with Gasteiger partial charge in [-0.3, -0.25) is 0 Å². The van der Waals surface area contributed by atoms with Crippen molar-refractivity contribution >= 4 is 35.3 Å². The van der Waals surface area contributed by atoms with Gasteiger partial charge in [0.05, 0.1) is 10.6 Å². The molecule has 0 aliphatic rings. The highest BCUT2D eigenvalue weighted by atomic mass is 35.5. The third-order valence-electron chi connectivity index (χ3n) is 4.00. The Morgan fingerprint density at radius 3 is 2.35 bits per heavy atom. The molecule has 3 N–H and O–H groups in total. The number of aryl methyl sites for hydroxylation is 1. The molecule has 0 spiro atoms. The summed E-state index contributed by atoms with van der Waals surface area (Å²) >= 11 is 1.60. The summed E-state index contributed by atoms with van der Waals surface area (Å²) in [7, 11) is 0. The molecule has 0 saturated carbocycles. The van der Waals surface area contributed by atoms with Crippen LogP contribution in [-0.4, -0.2) is 12.4 Å². The van der Waals surface area contributed by atoms with Gasteiger partial charge in [-0.15, -0.1) is 23.7 Å². The minimum Gasteiger partial charge on any atom is -0.383 e. The minimum atomic E-state index is 0. The predicted molar refractivity (Wildman–Crippen MR) is 115 cm³/mol. The van der Waals surface area contributed by atoms with Crippen molar-refractivity contribution < 1.29 is 0 Å². The molecule has 0 aliphatic heterocycles. The van der Waals surface area contributed by atoms with Crippen molar-refractivity contribution in [2.45, 2.75) is 19.9 Å². The molecule has 136 valence electrons. The molecule has 3 aromatic rings. The van der Waals surface area contributed by atoms with E-state index in [-0.39, 0.29) is 12.4 Å². The van der Waals surface area contributed by atoms with E-state index in [1.165, 1.54) is 16.7 Å². The van der Waals surface area contributed by atoms with Crippen LogP contribution < -0.4 is 11.1 Å². The predicted octanol–water partition coefficient (Wildman–Crippen LogP) is 4.85. The quantitative estimate of drug-likeness (QED) is 0.347. The van der Waals surface area contributed by atoms with Gasteiger partial charge >= 0.3 is 0 Å². The summed E-state index contributed by atoms with van der Waals surface area (Å²) in [6.45, 7) is 3.97. The van der Waals surface area contributed by atoms with Gasteiger partial charge in [0.15, 0.2) is 0 Å². The second kappa shape index (κ2) is 10.1. The van der Waals surface area contributed by atoms with E-state index in [9.17, 15) is 0 Å². The lowest BCUT2D eigenvalue weighted by molar-refractivity contribution is 0.687. The first-order valence-electron chi connectivity index (χ1n) is 8.44. The summed E-state index contributed by atoms with van der Waals surface area (Å²) in [6, 6.07) is 20.9. The number of nitrogens with two attached hydrogens (primary N) is 1. The topological polar surface area (TPSA) is 50.4 Å². The van der Waals surface area contributed by atoms with Crippen LogP contribution in [0.3, 0.4) is 0 Å².